The van der Waals surface area contributed by atoms with Crippen LogP contribution in [0.3, 0.4) is 0 Å². The van der Waals surface area contributed by atoms with Gasteiger partial charge in [0.2, 0.25) is 0 Å². The second-order valence-electron chi connectivity index (χ2n) is 13.8. The Morgan fingerprint density at radius 1 is 0.353 bits per heavy atom. The number of hydrogen-bond donors (Lipinski definition) is 0. The van der Waals surface area contributed by atoms with Gasteiger partial charge in [0.15, 0.2) is 0 Å². The highest BCUT2D eigenvalue weighted by molar-refractivity contribution is 9.10. The molecule has 0 unspecified atom stereocenters. The molecule has 0 saturated heterocycles. The minimum absolute atomic E-state index is 0.335. The number of halogens is 1. The molecule has 11 rings (SSSR count). The maximum absolute atomic E-state index is 3.58. The third-order valence-electron chi connectivity index (χ3n) is 11.3. The van der Waals surface area contributed by atoms with E-state index in [2.05, 4.69) is 202 Å². The van der Waals surface area contributed by atoms with Gasteiger partial charge in [-0.15, -0.1) is 0 Å². The number of fused-ring (bicyclic) bond motifs is 13. The molecule has 2 heteroatoms. The summed E-state index contributed by atoms with van der Waals surface area (Å²) in [5.41, 5.74) is 18.9. The van der Waals surface area contributed by atoms with Gasteiger partial charge in [-0.1, -0.05) is 149 Å². The molecule has 51 heavy (non-hydrogen) atoms. The lowest BCUT2D eigenvalue weighted by atomic mass is 9.70. The fraction of sp³-hybridized carbons (Fsp3) is 0.0204. The summed E-state index contributed by atoms with van der Waals surface area (Å²) in [7, 11) is 0. The lowest BCUT2D eigenvalue weighted by Gasteiger charge is -2.30. The van der Waals surface area contributed by atoms with Crippen LogP contribution in [0.5, 0.6) is 0 Å². The van der Waals surface area contributed by atoms with E-state index in [1.807, 2.05) is 0 Å². The first kappa shape index (κ1) is 28.8. The summed E-state index contributed by atoms with van der Waals surface area (Å²) in [6, 6.07) is 67.5. The van der Waals surface area contributed by atoms with Crippen LogP contribution >= 0.6 is 15.9 Å². The molecule has 0 amide bonds. The van der Waals surface area contributed by atoms with E-state index >= 15 is 0 Å². The summed E-state index contributed by atoms with van der Waals surface area (Å²) in [5, 5.41) is 2.52. The van der Waals surface area contributed by atoms with Crippen LogP contribution in [0.25, 0.3) is 72.0 Å². The SMILES string of the molecule is Brc1ccc(-c2cccc(-c3ccc4c(c3)c3ccccc3n4-c3ccc4c(c3)-c3ccccc3C43c4ccccc4-c4ccccc43)c2)cc1. The van der Waals surface area contributed by atoms with Gasteiger partial charge in [0.25, 0.3) is 0 Å². The molecule has 1 spiro atoms. The summed E-state index contributed by atoms with van der Waals surface area (Å²) in [5.74, 6) is 0. The van der Waals surface area contributed by atoms with Gasteiger partial charge >= 0.3 is 0 Å². The quantitative estimate of drug-likeness (QED) is 0.172. The molecule has 0 N–H and O–H groups in total. The number of aromatic nitrogens is 1. The predicted octanol–water partition coefficient (Wildman–Crippen LogP) is 13.2. The summed E-state index contributed by atoms with van der Waals surface area (Å²) < 4.78 is 3.54. The van der Waals surface area contributed by atoms with E-state index in [9.17, 15) is 0 Å². The predicted molar refractivity (Wildman–Crippen MR) is 216 cm³/mol. The molecule has 2 aliphatic rings. The van der Waals surface area contributed by atoms with Crippen molar-refractivity contribution < 1.29 is 0 Å². The van der Waals surface area contributed by atoms with Gasteiger partial charge in [-0.2, -0.15) is 0 Å². The highest BCUT2D eigenvalue weighted by Gasteiger charge is 2.51. The van der Waals surface area contributed by atoms with Crippen molar-refractivity contribution in [1.29, 1.82) is 0 Å². The van der Waals surface area contributed by atoms with E-state index in [0.717, 1.165) is 4.47 Å². The van der Waals surface area contributed by atoms with Crippen molar-refractivity contribution in [2.24, 2.45) is 0 Å². The first-order chi connectivity index (χ1) is 25.2. The third-order valence-corrected chi connectivity index (χ3v) is 11.8. The van der Waals surface area contributed by atoms with E-state index in [1.165, 1.54) is 94.3 Å². The fourth-order valence-corrected chi connectivity index (χ4v) is 9.44. The lowest BCUT2D eigenvalue weighted by Crippen LogP contribution is -2.25. The molecule has 1 nitrogen and oxygen atoms in total. The Balaban J connectivity index is 1.11. The summed E-state index contributed by atoms with van der Waals surface area (Å²) in [6.45, 7) is 0. The van der Waals surface area contributed by atoms with Crippen LogP contribution in [0.2, 0.25) is 0 Å². The standard InChI is InChI=1S/C49H30BrN/c50-35-23-20-31(21-24-35)32-10-9-11-33(28-32)34-22-27-48-42(29-34)40-15-4-8-19-47(40)51(48)36-25-26-46-41(30-36)39-14-3-7-18-45(39)49(46)43-16-5-1-12-37(43)38-13-2-6-17-44(38)49/h1-30H. The van der Waals surface area contributed by atoms with Crippen molar-refractivity contribution in [1.82, 2.24) is 4.57 Å². The number of para-hydroxylation sites is 1. The lowest BCUT2D eigenvalue weighted by molar-refractivity contribution is 0.793. The van der Waals surface area contributed by atoms with Gasteiger partial charge in [-0.25, -0.2) is 0 Å². The van der Waals surface area contributed by atoms with Crippen LogP contribution in [0.4, 0.5) is 0 Å². The molecule has 1 heterocycles. The van der Waals surface area contributed by atoms with Crippen LogP contribution in [-0.2, 0) is 5.41 Å². The molecule has 2 aliphatic carbocycles. The Kier molecular flexibility index (Phi) is 6.09. The number of hydrogen-bond acceptors (Lipinski definition) is 0. The van der Waals surface area contributed by atoms with E-state index < -0.39 is 0 Å². The normalized spacial score (nSPS) is 13.4. The molecular formula is C49H30BrN. The number of nitrogens with zero attached hydrogens (tertiary/aromatic N) is 1. The van der Waals surface area contributed by atoms with Crippen molar-refractivity contribution in [2.45, 2.75) is 5.41 Å². The average molecular weight is 713 g/mol. The molecule has 238 valence electrons. The maximum Gasteiger partial charge on any atom is 0.0725 e. The van der Waals surface area contributed by atoms with Gasteiger partial charge in [0.1, 0.15) is 0 Å². The van der Waals surface area contributed by atoms with E-state index in [1.54, 1.807) is 0 Å². The molecular weight excluding hydrogens is 682 g/mol. The first-order valence-electron chi connectivity index (χ1n) is 17.5. The summed E-state index contributed by atoms with van der Waals surface area (Å²) in [4.78, 5) is 0. The van der Waals surface area contributed by atoms with Crippen molar-refractivity contribution in [2.75, 3.05) is 0 Å². The van der Waals surface area contributed by atoms with Crippen LogP contribution in [-0.4, -0.2) is 4.57 Å². The largest absolute Gasteiger partial charge is 0.309 e. The average Bonchev–Trinajstić information content (AvgIpc) is 3.79. The van der Waals surface area contributed by atoms with Gasteiger partial charge < -0.3 is 4.57 Å². The monoisotopic (exact) mass is 711 g/mol. The molecule has 9 aromatic rings. The van der Waals surface area contributed by atoms with Gasteiger partial charge in [-0.05, 0) is 115 Å². The Morgan fingerprint density at radius 2 is 0.882 bits per heavy atom. The smallest absolute Gasteiger partial charge is 0.0725 e. The molecule has 0 bridgehead atoms. The second-order valence-corrected chi connectivity index (χ2v) is 14.7. The zero-order chi connectivity index (χ0) is 33.7. The highest BCUT2D eigenvalue weighted by atomic mass is 79.9. The van der Waals surface area contributed by atoms with Crippen molar-refractivity contribution >= 4 is 37.7 Å². The number of benzene rings is 8. The Bertz CT molecular complexity index is 2830. The van der Waals surface area contributed by atoms with Crippen molar-refractivity contribution in [3.63, 3.8) is 0 Å². The summed E-state index contributed by atoms with van der Waals surface area (Å²) >= 11 is 3.58. The Morgan fingerprint density at radius 3 is 1.59 bits per heavy atom. The molecule has 0 fully saturated rings. The zero-order valence-electron chi connectivity index (χ0n) is 27.6. The minimum Gasteiger partial charge on any atom is -0.309 e. The van der Waals surface area contributed by atoms with Crippen LogP contribution in [0.15, 0.2) is 186 Å². The Hall–Kier alpha value is -5.96. The zero-order valence-corrected chi connectivity index (χ0v) is 29.2. The van der Waals surface area contributed by atoms with Gasteiger partial charge in [0.05, 0.1) is 16.4 Å². The van der Waals surface area contributed by atoms with E-state index in [-0.39, 0.29) is 5.41 Å². The maximum atomic E-state index is 3.58. The fourth-order valence-electron chi connectivity index (χ4n) is 9.18. The van der Waals surface area contributed by atoms with Gasteiger partial charge in [-0.3, -0.25) is 0 Å². The van der Waals surface area contributed by atoms with Crippen LogP contribution < -0.4 is 0 Å². The van der Waals surface area contributed by atoms with Crippen LogP contribution in [0, 0.1) is 0 Å². The molecule has 8 aromatic carbocycles. The second kappa shape index (κ2) is 10.8. The summed E-state index contributed by atoms with van der Waals surface area (Å²) in [6.07, 6.45) is 0. The molecule has 0 aliphatic heterocycles. The number of rotatable bonds is 3. The molecule has 1 aromatic heterocycles. The molecule has 0 atom stereocenters. The van der Waals surface area contributed by atoms with E-state index in [4.69, 9.17) is 0 Å². The first-order valence-corrected chi connectivity index (χ1v) is 18.3. The highest BCUT2D eigenvalue weighted by Crippen LogP contribution is 2.62. The van der Waals surface area contributed by atoms with Crippen LogP contribution in [0.1, 0.15) is 22.3 Å². The minimum atomic E-state index is -0.335. The molecule has 0 radical (unpaired) electrons. The third kappa shape index (κ3) is 3.97. The Labute approximate surface area is 305 Å². The van der Waals surface area contributed by atoms with Crippen molar-refractivity contribution in [3.8, 4) is 50.2 Å². The molecule has 0 saturated carbocycles. The van der Waals surface area contributed by atoms with Crippen molar-refractivity contribution in [3.05, 3.63) is 209 Å². The van der Waals surface area contributed by atoms with E-state index in [0.29, 0.717) is 0 Å². The van der Waals surface area contributed by atoms with Gasteiger partial charge in [0, 0.05) is 20.9 Å². The topological polar surface area (TPSA) is 4.93 Å².